The second-order valence-corrected chi connectivity index (χ2v) is 6.84. The summed E-state index contributed by atoms with van der Waals surface area (Å²) < 4.78 is 29.2. The summed E-state index contributed by atoms with van der Waals surface area (Å²) in [5.74, 6) is -0.780. The number of rotatable bonds is 4. The van der Waals surface area contributed by atoms with Crippen molar-refractivity contribution in [1.82, 2.24) is 30.0 Å². The summed E-state index contributed by atoms with van der Waals surface area (Å²) in [5, 5.41) is 9.99. The molecule has 0 saturated carbocycles. The predicted octanol–water partition coefficient (Wildman–Crippen LogP) is 4.10. The number of carbonyl (C=O) groups is 1. The van der Waals surface area contributed by atoms with E-state index in [1.807, 2.05) is 6.92 Å². The second kappa shape index (κ2) is 8.05. The molecule has 4 rings (SSSR count). The lowest BCUT2D eigenvalue weighted by atomic mass is 10.1. The summed E-state index contributed by atoms with van der Waals surface area (Å²) in [7, 11) is 0. The summed E-state index contributed by atoms with van der Waals surface area (Å²) in [4.78, 5) is 25.4. The van der Waals surface area contributed by atoms with Gasteiger partial charge in [0.1, 0.15) is 28.5 Å². The number of fused-ring (bicyclic) bond motifs is 1. The van der Waals surface area contributed by atoms with Crippen molar-refractivity contribution >= 4 is 28.6 Å². The molecule has 1 amide bonds. The summed E-state index contributed by atoms with van der Waals surface area (Å²) in [6.45, 7) is 5.81. The molecule has 0 saturated heterocycles. The van der Waals surface area contributed by atoms with Crippen LogP contribution in [0.4, 0.5) is 25.1 Å². The van der Waals surface area contributed by atoms with Gasteiger partial charge in [-0.15, -0.1) is 0 Å². The molecule has 0 unspecified atom stereocenters. The Morgan fingerprint density at radius 1 is 1.16 bits per heavy atom. The van der Waals surface area contributed by atoms with Gasteiger partial charge in [-0.2, -0.15) is 9.78 Å². The monoisotopic (exact) mass is 423 g/mol. The zero-order chi connectivity index (χ0) is 22.1. The van der Waals surface area contributed by atoms with Crippen molar-refractivity contribution in [3.05, 3.63) is 59.6 Å². The second-order valence-electron chi connectivity index (χ2n) is 6.84. The van der Waals surface area contributed by atoms with E-state index in [0.717, 1.165) is 23.8 Å². The molecule has 158 valence electrons. The minimum Gasteiger partial charge on any atom is -0.338 e. The summed E-state index contributed by atoms with van der Waals surface area (Å²) in [6, 6.07) is 4.41. The Balaban J connectivity index is 1.82. The van der Waals surface area contributed by atoms with Crippen LogP contribution < -0.4 is 10.6 Å². The Bertz CT molecular complexity index is 1300. The summed E-state index contributed by atoms with van der Waals surface area (Å²) in [6.07, 6.45) is 3.06. The van der Waals surface area contributed by atoms with Crippen LogP contribution in [-0.4, -0.2) is 37.3 Å². The molecule has 3 heterocycles. The van der Waals surface area contributed by atoms with E-state index >= 15 is 0 Å². The number of hydrogen-bond acceptors (Lipinski definition) is 6. The van der Waals surface area contributed by atoms with Gasteiger partial charge in [0.2, 0.25) is 0 Å². The number of carbonyl (C=O) groups excluding carboxylic acids is 1. The quantitative estimate of drug-likeness (QED) is 0.513. The van der Waals surface area contributed by atoms with Crippen LogP contribution in [0.3, 0.4) is 0 Å². The number of amides is 1. The molecule has 31 heavy (non-hydrogen) atoms. The number of anilines is 2. The SMILES string of the molecule is CCNC(=O)n1ncc2nccc(Nc3nc(-c4cc(F)ccc4F)nc(C)c3C)c21. The van der Waals surface area contributed by atoms with Gasteiger partial charge in [0.05, 0.1) is 17.4 Å². The Morgan fingerprint density at radius 2 is 1.97 bits per heavy atom. The third kappa shape index (κ3) is 3.79. The highest BCUT2D eigenvalue weighted by atomic mass is 19.1. The lowest BCUT2D eigenvalue weighted by Gasteiger charge is -2.14. The molecule has 0 atom stereocenters. The highest BCUT2D eigenvalue weighted by molar-refractivity contribution is 5.96. The average molecular weight is 423 g/mol. The van der Waals surface area contributed by atoms with Gasteiger partial charge < -0.3 is 10.6 Å². The van der Waals surface area contributed by atoms with Crippen molar-refractivity contribution < 1.29 is 13.6 Å². The molecule has 0 aliphatic rings. The number of hydrogen-bond donors (Lipinski definition) is 2. The van der Waals surface area contributed by atoms with Crippen molar-refractivity contribution in [2.75, 3.05) is 11.9 Å². The van der Waals surface area contributed by atoms with Crippen molar-refractivity contribution in [2.24, 2.45) is 0 Å². The molecular weight excluding hydrogens is 404 g/mol. The average Bonchev–Trinajstić information content (AvgIpc) is 3.18. The first-order valence-electron chi connectivity index (χ1n) is 9.57. The van der Waals surface area contributed by atoms with E-state index in [1.54, 1.807) is 26.1 Å². The number of halogens is 2. The Hall–Kier alpha value is -3.95. The highest BCUT2D eigenvalue weighted by Gasteiger charge is 2.18. The molecule has 0 radical (unpaired) electrons. The molecule has 0 bridgehead atoms. The summed E-state index contributed by atoms with van der Waals surface area (Å²) >= 11 is 0. The van der Waals surface area contributed by atoms with E-state index in [4.69, 9.17) is 0 Å². The Morgan fingerprint density at radius 3 is 2.74 bits per heavy atom. The third-order valence-electron chi connectivity index (χ3n) is 4.79. The van der Waals surface area contributed by atoms with Crippen LogP contribution in [0.5, 0.6) is 0 Å². The Kier molecular flexibility index (Phi) is 5.28. The van der Waals surface area contributed by atoms with Crippen LogP contribution in [0.25, 0.3) is 22.4 Å². The summed E-state index contributed by atoms with van der Waals surface area (Å²) in [5.41, 5.74) is 2.77. The molecule has 1 aromatic carbocycles. The molecule has 8 nitrogen and oxygen atoms in total. The Labute approximate surface area is 176 Å². The minimum atomic E-state index is -0.629. The minimum absolute atomic E-state index is 0.0432. The van der Waals surface area contributed by atoms with E-state index in [9.17, 15) is 13.6 Å². The molecule has 2 N–H and O–H groups in total. The van der Waals surface area contributed by atoms with Crippen LogP contribution in [-0.2, 0) is 0 Å². The fourth-order valence-corrected chi connectivity index (χ4v) is 3.11. The number of pyridine rings is 1. The maximum Gasteiger partial charge on any atom is 0.342 e. The molecule has 3 aromatic heterocycles. The normalized spacial score (nSPS) is 11.0. The number of nitrogens with one attached hydrogen (secondary N) is 2. The lowest BCUT2D eigenvalue weighted by Crippen LogP contribution is -2.29. The standard InChI is InChI=1S/C21H19F2N7O/c1-4-24-21(31)30-18-16(7-8-25-17(18)10-26-30)28-19-11(2)12(3)27-20(29-19)14-9-13(22)5-6-15(14)23/h5-10H,4H2,1-3H3,(H,24,31)(H,25,27,28,29). The van der Waals surface area contributed by atoms with E-state index in [2.05, 4.69) is 30.7 Å². The van der Waals surface area contributed by atoms with Crippen molar-refractivity contribution in [2.45, 2.75) is 20.8 Å². The zero-order valence-electron chi connectivity index (χ0n) is 17.1. The molecule has 0 aliphatic carbocycles. The topological polar surface area (TPSA) is 97.6 Å². The van der Waals surface area contributed by atoms with E-state index < -0.39 is 17.7 Å². The fourth-order valence-electron chi connectivity index (χ4n) is 3.11. The maximum absolute atomic E-state index is 14.3. The molecule has 10 heteroatoms. The molecule has 0 spiro atoms. The van der Waals surface area contributed by atoms with E-state index in [1.165, 1.54) is 10.9 Å². The zero-order valence-corrected chi connectivity index (χ0v) is 17.1. The van der Waals surface area contributed by atoms with Crippen LogP contribution in [0.15, 0.2) is 36.7 Å². The smallest absolute Gasteiger partial charge is 0.338 e. The van der Waals surface area contributed by atoms with Gasteiger partial charge in [0.25, 0.3) is 0 Å². The van der Waals surface area contributed by atoms with Crippen molar-refractivity contribution in [1.29, 1.82) is 0 Å². The van der Waals surface area contributed by atoms with E-state index in [0.29, 0.717) is 34.8 Å². The number of benzene rings is 1. The van der Waals surface area contributed by atoms with Crippen LogP contribution in [0.2, 0.25) is 0 Å². The van der Waals surface area contributed by atoms with E-state index in [-0.39, 0.29) is 11.4 Å². The third-order valence-corrected chi connectivity index (χ3v) is 4.79. The van der Waals surface area contributed by atoms with Crippen molar-refractivity contribution in [3.63, 3.8) is 0 Å². The molecule has 4 aromatic rings. The maximum atomic E-state index is 14.3. The first kappa shape index (κ1) is 20.3. The van der Waals surface area contributed by atoms with Gasteiger partial charge in [-0.3, -0.25) is 4.98 Å². The van der Waals surface area contributed by atoms with Gasteiger partial charge >= 0.3 is 6.03 Å². The largest absolute Gasteiger partial charge is 0.342 e. The highest BCUT2D eigenvalue weighted by Crippen LogP contribution is 2.29. The van der Waals surface area contributed by atoms with Gasteiger partial charge in [-0.05, 0) is 45.0 Å². The number of aryl methyl sites for hydroxylation is 1. The van der Waals surface area contributed by atoms with Crippen LogP contribution in [0, 0.1) is 25.5 Å². The van der Waals surface area contributed by atoms with Gasteiger partial charge in [0.15, 0.2) is 5.82 Å². The molecule has 0 fully saturated rings. The van der Waals surface area contributed by atoms with Gasteiger partial charge in [-0.1, -0.05) is 0 Å². The molecule has 0 aliphatic heterocycles. The van der Waals surface area contributed by atoms with Crippen LogP contribution >= 0.6 is 0 Å². The predicted molar refractivity (Wildman–Crippen MR) is 112 cm³/mol. The number of nitrogens with zero attached hydrogens (tertiary/aromatic N) is 5. The fraction of sp³-hybridized carbons (Fsp3) is 0.190. The first-order chi connectivity index (χ1) is 14.9. The number of aromatic nitrogens is 5. The van der Waals surface area contributed by atoms with Crippen LogP contribution in [0.1, 0.15) is 18.2 Å². The first-order valence-corrected chi connectivity index (χ1v) is 9.57. The van der Waals surface area contributed by atoms with Gasteiger partial charge in [-0.25, -0.2) is 23.5 Å². The molecular formula is C21H19F2N7O. The van der Waals surface area contributed by atoms with Crippen molar-refractivity contribution in [3.8, 4) is 11.4 Å². The lowest BCUT2D eigenvalue weighted by molar-refractivity contribution is 0.241. The van der Waals surface area contributed by atoms with Gasteiger partial charge in [0, 0.05) is 24.0 Å².